The Balaban J connectivity index is 1.87. The quantitative estimate of drug-likeness (QED) is 0.742. The van der Waals surface area contributed by atoms with Gasteiger partial charge in [0.05, 0.1) is 5.66 Å². The molecule has 3 N–H and O–H groups in total. The van der Waals surface area contributed by atoms with Gasteiger partial charge in [-0.1, -0.05) is 49.6 Å². The zero-order valence-electron chi connectivity index (χ0n) is 9.21. The topological polar surface area (TPSA) is 38.0 Å². The van der Waals surface area contributed by atoms with Crippen molar-refractivity contribution in [2.24, 2.45) is 5.73 Å². The summed E-state index contributed by atoms with van der Waals surface area (Å²) in [5, 5.41) is 3.49. The van der Waals surface area contributed by atoms with Gasteiger partial charge >= 0.3 is 0 Å². The zero-order valence-corrected chi connectivity index (χ0v) is 9.21. The van der Waals surface area contributed by atoms with Gasteiger partial charge < -0.3 is 5.73 Å². The molecule has 2 heteroatoms. The van der Waals surface area contributed by atoms with Crippen LogP contribution in [-0.2, 0) is 6.54 Å². The Bertz CT molecular complexity index is 289. The first-order valence-electron chi connectivity index (χ1n) is 5.86. The van der Waals surface area contributed by atoms with Gasteiger partial charge in [-0.3, -0.25) is 5.32 Å². The molecule has 0 aliphatic heterocycles. The van der Waals surface area contributed by atoms with Crippen LogP contribution in [0.4, 0.5) is 0 Å². The van der Waals surface area contributed by atoms with Gasteiger partial charge in [0, 0.05) is 6.54 Å². The molecule has 1 aromatic carbocycles. The summed E-state index contributed by atoms with van der Waals surface area (Å²) >= 11 is 0. The summed E-state index contributed by atoms with van der Waals surface area (Å²) < 4.78 is 0. The summed E-state index contributed by atoms with van der Waals surface area (Å²) in [5.74, 6) is 0. The van der Waals surface area contributed by atoms with Crippen LogP contribution in [0.2, 0.25) is 0 Å². The Kier molecular flexibility index (Phi) is 3.39. The Hall–Kier alpha value is -0.860. The lowest BCUT2D eigenvalue weighted by Gasteiger charge is -2.34. The number of hydrogen-bond acceptors (Lipinski definition) is 2. The maximum atomic E-state index is 6.30. The average molecular weight is 204 g/mol. The third-order valence-electron chi connectivity index (χ3n) is 3.23. The smallest absolute Gasteiger partial charge is 0.0664 e. The van der Waals surface area contributed by atoms with Crippen molar-refractivity contribution in [3.8, 4) is 0 Å². The van der Waals surface area contributed by atoms with Crippen LogP contribution in [0.5, 0.6) is 0 Å². The minimum Gasteiger partial charge on any atom is -0.313 e. The highest BCUT2D eigenvalue weighted by molar-refractivity contribution is 5.14. The van der Waals surface area contributed by atoms with Crippen molar-refractivity contribution in [2.45, 2.75) is 44.3 Å². The van der Waals surface area contributed by atoms with Crippen LogP contribution < -0.4 is 11.1 Å². The maximum absolute atomic E-state index is 6.30. The van der Waals surface area contributed by atoms with E-state index in [1.807, 2.05) is 6.07 Å². The number of rotatable bonds is 3. The van der Waals surface area contributed by atoms with Gasteiger partial charge in [-0.15, -0.1) is 0 Å². The zero-order chi connectivity index (χ0) is 10.6. The van der Waals surface area contributed by atoms with E-state index in [-0.39, 0.29) is 5.66 Å². The molecule has 2 nitrogen and oxygen atoms in total. The van der Waals surface area contributed by atoms with Gasteiger partial charge in [-0.25, -0.2) is 0 Å². The molecule has 1 saturated carbocycles. The minimum absolute atomic E-state index is 0.117. The first kappa shape index (κ1) is 10.7. The Labute approximate surface area is 91.9 Å². The highest BCUT2D eigenvalue weighted by Gasteiger charge is 2.26. The van der Waals surface area contributed by atoms with Gasteiger partial charge in [-0.05, 0) is 18.4 Å². The van der Waals surface area contributed by atoms with Crippen LogP contribution in [-0.4, -0.2) is 5.66 Å². The predicted molar refractivity (Wildman–Crippen MR) is 63.3 cm³/mol. The van der Waals surface area contributed by atoms with Gasteiger partial charge in [-0.2, -0.15) is 0 Å². The summed E-state index contributed by atoms with van der Waals surface area (Å²) in [7, 11) is 0. The fourth-order valence-electron chi connectivity index (χ4n) is 2.23. The fraction of sp³-hybridized carbons (Fsp3) is 0.538. The molecule has 1 aromatic rings. The molecule has 0 amide bonds. The molecular formula is C13H20N2. The lowest BCUT2D eigenvalue weighted by Crippen LogP contribution is -2.54. The standard InChI is InChI=1S/C13H20N2/c14-13(9-5-2-6-10-13)15-11-12-7-3-1-4-8-12/h1,3-4,7-8,15H,2,5-6,9-11,14H2. The van der Waals surface area contributed by atoms with Crippen LogP contribution in [0.3, 0.4) is 0 Å². The van der Waals surface area contributed by atoms with Crippen LogP contribution >= 0.6 is 0 Å². The molecule has 0 radical (unpaired) electrons. The van der Waals surface area contributed by atoms with Crippen molar-refractivity contribution in [3.63, 3.8) is 0 Å². The van der Waals surface area contributed by atoms with Gasteiger partial charge in [0.2, 0.25) is 0 Å². The number of hydrogen-bond donors (Lipinski definition) is 2. The third-order valence-corrected chi connectivity index (χ3v) is 3.23. The molecule has 1 aliphatic rings. The molecular weight excluding hydrogens is 184 g/mol. The SMILES string of the molecule is NC1(NCc2ccccc2)CCCCC1. The molecule has 2 rings (SSSR count). The molecule has 0 atom stereocenters. The second-order valence-electron chi connectivity index (χ2n) is 4.56. The van der Waals surface area contributed by atoms with E-state index in [4.69, 9.17) is 5.73 Å². The van der Waals surface area contributed by atoms with Crippen molar-refractivity contribution >= 4 is 0 Å². The molecule has 15 heavy (non-hydrogen) atoms. The van der Waals surface area contributed by atoms with E-state index in [1.165, 1.54) is 24.8 Å². The van der Waals surface area contributed by atoms with Crippen molar-refractivity contribution in [1.82, 2.24) is 5.32 Å². The first-order chi connectivity index (χ1) is 7.29. The molecule has 1 aliphatic carbocycles. The molecule has 0 bridgehead atoms. The molecule has 0 aromatic heterocycles. The van der Waals surface area contributed by atoms with Crippen molar-refractivity contribution < 1.29 is 0 Å². The van der Waals surface area contributed by atoms with Crippen molar-refractivity contribution in [2.75, 3.05) is 0 Å². The van der Waals surface area contributed by atoms with E-state index in [9.17, 15) is 0 Å². The predicted octanol–water partition coefficient (Wildman–Crippen LogP) is 2.40. The highest BCUT2D eigenvalue weighted by atomic mass is 15.1. The van der Waals surface area contributed by atoms with E-state index in [1.54, 1.807) is 0 Å². The molecule has 0 unspecified atom stereocenters. The second kappa shape index (κ2) is 4.77. The number of nitrogens with one attached hydrogen (secondary N) is 1. The highest BCUT2D eigenvalue weighted by Crippen LogP contribution is 2.23. The maximum Gasteiger partial charge on any atom is 0.0664 e. The van der Waals surface area contributed by atoms with E-state index in [0.717, 1.165) is 19.4 Å². The summed E-state index contributed by atoms with van der Waals surface area (Å²) in [4.78, 5) is 0. The van der Waals surface area contributed by atoms with Crippen LogP contribution in [0, 0.1) is 0 Å². The van der Waals surface area contributed by atoms with Gasteiger partial charge in [0.25, 0.3) is 0 Å². The Morgan fingerprint density at radius 2 is 1.73 bits per heavy atom. The molecule has 0 heterocycles. The number of benzene rings is 1. The average Bonchev–Trinajstić information content (AvgIpc) is 2.29. The summed E-state index contributed by atoms with van der Waals surface area (Å²) in [6, 6.07) is 10.5. The van der Waals surface area contributed by atoms with Crippen LogP contribution in [0.15, 0.2) is 30.3 Å². The van der Waals surface area contributed by atoms with E-state index in [2.05, 4.69) is 29.6 Å². The van der Waals surface area contributed by atoms with Gasteiger partial charge in [0.1, 0.15) is 0 Å². The second-order valence-corrected chi connectivity index (χ2v) is 4.56. The summed E-state index contributed by atoms with van der Waals surface area (Å²) in [6.07, 6.45) is 6.09. The van der Waals surface area contributed by atoms with E-state index >= 15 is 0 Å². The van der Waals surface area contributed by atoms with Crippen LogP contribution in [0.25, 0.3) is 0 Å². The lowest BCUT2D eigenvalue weighted by molar-refractivity contribution is 0.237. The largest absolute Gasteiger partial charge is 0.313 e. The summed E-state index contributed by atoms with van der Waals surface area (Å²) in [6.45, 7) is 0.886. The summed E-state index contributed by atoms with van der Waals surface area (Å²) in [5.41, 5.74) is 7.49. The van der Waals surface area contributed by atoms with Crippen molar-refractivity contribution in [1.29, 1.82) is 0 Å². The van der Waals surface area contributed by atoms with Crippen LogP contribution in [0.1, 0.15) is 37.7 Å². The van der Waals surface area contributed by atoms with E-state index < -0.39 is 0 Å². The Morgan fingerprint density at radius 3 is 2.40 bits per heavy atom. The first-order valence-corrected chi connectivity index (χ1v) is 5.86. The molecule has 0 saturated heterocycles. The Morgan fingerprint density at radius 1 is 1.07 bits per heavy atom. The normalized spacial score (nSPS) is 20.1. The lowest BCUT2D eigenvalue weighted by atomic mass is 9.89. The van der Waals surface area contributed by atoms with Crippen molar-refractivity contribution in [3.05, 3.63) is 35.9 Å². The fourth-order valence-corrected chi connectivity index (χ4v) is 2.23. The molecule has 0 spiro atoms. The number of nitrogens with two attached hydrogens (primary N) is 1. The third kappa shape index (κ3) is 3.05. The van der Waals surface area contributed by atoms with Gasteiger partial charge in [0.15, 0.2) is 0 Å². The minimum atomic E-state index is -0.117. The monoisotopic (exact) mass is 204 g/mol. The molecule has 1 fully saturated rings. The van der Waals surface area contributed by atoms with E-state index in [0.29, 0.717) is 0 Å². The molecule has 82 valence electrons.